The van der Waals surface area contributed by atoms with Gasteiger partial charge in [-0.05, 0) is 18.2 Å². The van der Waals surface area contributed by atoms with Crippen LogP contribution in [0, 0.1) is 0 Å². The van der Waals surface area contributed by atoms with E-state index >= 15 is 0 Å². The number of benzene rings is 1. The van der Waals surface area contributed by atoms with E-state index in [1.807, 2.05) is 0 Å². The van der Waals surface area contributed by atoms with Crippen LogP contribution in [0.25, 0.3) is 0 Å². The molecule has 0 unspecified atom stereocenters. The summed E-state index contributed by atoms with van der Waals surface area (Å²) < 4.78 is 26.8. The maximum atomic E-state index is 12.1. The highest BCUT2D eigenvalue weighted by atomic mass is 35.5. The molecular formula is C10H5Cl4NO3S2. The van der Waals surface area contributed by atoms with Crippen LogP contribution in [-0.4, -0.2) is 13.5 Å². The number of phenols is 1. The minimum absolute atomic E-state index is 0.0403. The summed E-state index contributed by atoms with van der Waals surface area (Å²) >= 11 is 23.9. The van der Waals surface area contributed by atoms with Crippen molar-refractivity contribution < 1.29 is 13.5 Å². The molecule has 4 nitrogen and oxygen atoms in total. The molecule has 0 aliphatic heterocycles. The third kappa shape index (κ3) is 3.27. The summed E-state index contributed by atoms with van der Waals surface area (Å²) in [5, 5.41) is 9.26. The number of nitrogens with one attached hydrogen (secondary N) is 1. The number of thiophene rings is 1. The number of sulfonamides is 1. The minimum Gasteiger partial charge on any atom is -0.505 e. The SMILES string of the molecule is O=S(=O)(Nc1cc(Cl)c(O)c(Cl)c1)c1cc(Cl)sc1Cl. The quantitative estimate of drug-likeness (QED) is 0.732. The predicted molar refractivity (Wildman–Crippen MR) is 83.3 cm³/mol. The van der Waals surface area contributed by atoms with Gasteiger partial charge in [-0.2, -0.15) is 0 Å². The second-order valence-corrected chi connectivity index (χ2v) is 8.33. The van der Waals surface area contributed by atoms with Gasteiger partial charge in [0.2, 0.25) is 0 Å². The van der Waals surface area contributed by atoms with Crippen LogP contribution in [0.2, 0.25) is 18.7 Å². The van der Waals surface area contributed by atoms with E-state index in [9.17, 15) is 13.5 Å². The lowest BCUT2D eigenvalue weighted by atomic mass is 10.3. The first-order valence-corrected chi connectivity index (χ1v) is 8.67. The third-order valence-electron chi connectivity index (χ3n) is 2.18. The lowest BCUT2D eigenvalue weighted by Crippen LogP contribution is -2.12. The predicted octanol–water partition coefficient (Wildman–Crippen LogP) is 4.87. The van der Waals surface area contributed by atoms with Crippen molar-refractivity contribution in [2.75, 3.05) is 4.72 Å². The smallest absolute Gasteiger partial charge is 0.264 e. The molecule has 0 aliphatic rings. The molecule has 0 fully saturated rings. The molecule has 2 rings (SSSR count). The maximum absolute atomic E-state index is 12.1. The monoisotopic (exact) mass is 391 g/mol. The van der Waals surface area contributed by atoms with Gasteiger partial charge < -0.3 is 5.11 Å². The van der Waals surface area contributed by atoms with Gasteiger partial charge in [-0.1, -0.05) is 46.4 Å². The molecule has 108 valence electrons. The first kappa shape index (κ1) is 16.0. The molecular weight excluding hydrogens is 388 g/mol. The first-order chi connectivity index (χ1) is 9.20. The molecule has 0 saturated heterocycles. The molecule has 10 heteroatoms. The van der Waals surface area contributed by atoms with E-state index in [1.54, 1.807) is 0 Å². The normalized spacial score (nSPS) is 11.6. The van der Waals surface area contributed by atoms with Gasteiger partial charge in [0.05, 0.1) is 20.1 Å². The number of phenolic OH excluding ortho intramolecular Hbond substituents is 1. The van der Waals surface area contributed by atoms with Crippen LogP contribution >= 0.6 is 57.7 Å². The van der Waals surface area contributed by atoms with Crippen LogP contribution in [0.1, 0.15) is 0 Å². The molecule has 1 heterocycles. The van der Waals surface area contributed by atoms with Crippen molar-refractivity contribution in [1.29, 1.82) is 0 Å². The number of aromatic hydroxyl groups is 1. The maximum Gasteiger partial charge on any atom is 0.264 e. The van der Waals surface area contributed by atoms with Crippen molar-refractivity contribution in [2.45, 2.75) is 4.90 Å². The zero-order valence-corrected chi connectivity index (χ0v) is 14.0. The Morgan fingerprint density at radius 3 is 2.05 bits per heavy atom. The largest absolute Gasteiger partial charge is 0.505 e. The Morgan fingerprint density at radius 2 is 1.60 bits per heavy atom. The van der Waals surface area contributed by atoms with Crippen molar-refractivity contribution in [2.24, 2.45) is 0 Å². The lowest BCUT2D eigenvalue weighted by Gasteiger charge is -2.09. The van der Waals surface area contributed by atoms with Crippen molar-refractivity contribution in [3.63, 3.8) is 0 Å². The third-order valence-corrected chi connectivity index (χ3v) is 5.89. The van der Waals surface area contributed by atoms with Gasteiger partial charge in [0.1, 0.15) is 9.23 Å². The van der Waals surface area contributed by atoms with Gasteiger partial charge in [-0.3, -0.25) is 4.72 Å². The topological polar surface area (TPSA) is 66.4 Å². The van der Waals surface area contributed by atoms with Crippen LogP contribution < -0.4 is 4.72 Å². The molecule has 0 aliphatic carbocycles. The average Bonchev–Trinajstić information content (AvgIpc) is 2.65. The number of rotatable bonds is 3. The van der Waals surface area contributed by atoms with E-state index in [2.05, 4.69) is 4.72 Å². The van der Waals surface area contributed by atoms with Gasteiger partial charge in [-0.25, -0.2) is 8.42 Å². The first-order valence-electron chi connectivity index (χ1n) is 4.86. The van der Waals surface area contributed by atoms with Gasteiger partial charge in [0, 0.05) is 0 Å². The Balaban J connectivity index is 2.41. The van der Waals surface area contributed by atoms with E-state index in [0.29, 0.717) is 0 Å². The van der Waals surface area contributed by atoms with E-state index < -0.39 is 10.0 Å². The van der Waals surface area contributed by atoms with E-state index in [-0.39, 0.29) is 35.1 Å². The molecule has 2 aromatic rings. The van der Waals surface area contributed by atoms with Crippen LogP contribution in [0.15, 0.2) is 23.1 Å². The van der Waals surface area contributed by atoms with Crippen molar-refractivity contribution >= 4 is 73.5 Å². The number of hydrogen-bond donors (Lipinski definition) is 2. The fraction of sp³-hybridized carbons (Fsp3) is 0. The fourth-order valence-corrected chi connectivity index (χ4v) is 5.02. The highest BCUT2D eigenvalue weighted by Crippen LogP contribution is 2.37. The van der Waals surface area contributed by atoms with Crippen molar-refractivity contribution in [3.05, 3.63) is 36.9 Å². The molecule has 2 N–H and O–H groups in total. The van der Waals surface area contributed by atoms with Crippen molar-refractivity contribution in [3.8, 4) is 5.75 Å². The van der Waals surface area contributed by atoms with Gasteiger partial charge in [0.25, 0.3) is 10.0 Å². The molecule has 0 atom stereocenters. The van der Waals surface area contributed by atoms with Gasteiger partial charge in [-0.15, -0.1) is 11.3 Å². The Kier molecular flexibility index (Phi) is 4.63. The van der Waals surface area contributed by atoms with Crippen molar-refractivity contribution in [1.82, 2.24) is 0 Å². The second-order valence-electron chi connectivity index (χ2n) is 3.58. The summed E-state index contributed by atoms with van der Waals surface area (Å²) in [6.07, 6.45) is 0. The molecule has 0 radical (unpaired) electrons. The van der Waals surface area contributed by atoms with Crippen LogP contribution in [0.3, 0.4) is 0 Å². The van der Waals surface area contributed by atoms with E-state index in [4.69, 9.17) is 46.4 Å². The summed E-state index contributed by atoms with van der Waals surface area (Å²) in [6, 6.07) is 3.69. The van der Waals surface area contributed by atoms with E-state index in [0.717, 1.165) is 11.3 Å². The molecule has 0 amide bonds. The van der Waals surface area contributed by atoms with Gasteiger partial charge in [0.15, 0.2) is 5.75 Å². The number of halogens is 4. The molecule has 0 spiro atoms. The average molecular weight is 393 g/mol. The highest BCUT2D eigenvalue weighted by molar-refractivity contribution is 7.93. The molecule has 1 aromatic carbocycles. The Morgan fingerprint density at radius 1 is 1.05 bits per heavy atom. The summed E-state index contributed by atoms with van der Waals surface area (Å²) in [5.41, 5.74) is 0.0937. The zero-order valence-electron chi connectivity index (χ0n) is 9.32. The second kappa shape index (κ2) is 5.79. The Hall–Kier alpha value is -0.370. The van der Waals surface area contributed by atoms with Gasteiger partial charge >= 0.3 is 0 Å². The Bertz CT molecular complexity index is 750. The summed E-state index contributed by atoms with van der Waals surface area (Å²) in [7, 11) is -3.92. The van der Waals surface area contributed by atoms with E-state index in [1.165, 1.54) is 18.2 Å². The lowest BCUT2D eigenvalue weighted by molar-refractivity contribution is 0.476. The standard InChI is InChI=1S/C10H5Cl4NO3S2/c11-5-1-4(2-6(12)9(5)16)15-20(17,18)7-3-8(13)19-10(7)14/h1-3,15-16H. The fourth-order valence-electron chi connectivity index (χ4n) is 1.34. The molecule has 1 aromatic heterocycles. The van der Waals surface area contributed by atoms with Crippen LogP contribution in [-0.2, 0) is 10.0 Å². The zero-order chi connectivity index (χ0) is 15.1. The molecule has 0 bridgehead atoms. The summed E-state index contributed by atoms with van der Waals surface area (Å²) in [6.45, 7) is 0. The Labute approximate surface area is 138 Å². The minimum atomic E-state index is -3.92. The van der Waals surface area contributed by atoms with Crippen LogP contribution in [0.5, 0.6) is 5.75 Å². The molecule has 20 heavy (non-hydrogen) atoms. The summed E-state index contributed by atoms with van der Waals surface area (Å²) in [4.78, 5) is -0.144. The number of hydrogen-bond acceptors (Lipinski definition) is 4. The number of anilines is 1. The highest BCUT2D eigenvalue weighted by Gasteiger charge is 2.22. The molecule has 0 saturated carbocycles. The van der Waals surface area contributed by atoms with Crippen LogP contribution in [0.4, 0.5) is 5.69 Å². The summed E-state index contributed by atoms with van der Waals surface area (Å²) in [5.74, 6) is -0.326.